The van der Waals surface area contributed by atoms with Gasteiger partial charge in [-0.3, -0.25) is 15.5 Å². The molecule has 4 aromatic rings. The summed E-state index contributed by atoms with van der Waals surface area (Å²) >= 11 is 0. The average Bonchev–Trinajstić information content (AvgIpc) is 3.09. The zero-order valence-corrected chi connectivity index (χ0v) is 17.0. The monoisotopic (exact) mass is 402 g/mol. The number of imidazole rings is 1. The molecule has 2 amide bonds. The van der Waals surface area contributed by atoms with Crippen LogP contribution in [-0.4, -0.2) is 27.3 Å². The predicted molar refractivity (Wildman–Crippen MR) is 117 cm³/mol. The van der Waals surface area contributed by atoms with E-state index in [1.54, 1.807) is 43.9 Å². The Bertz CT molecular complexity index is 1250. The van der Waals surface area contributed by atoms with Gasteiger partial charge >= 0.3 is 6.09 Å². The van der Waals surface area contributed by atoms with Crippen LogP contribution in [-0.2, 0) is 4.74 Å². The molecule has 2 N–H and O–H groups in total. The second-order valence-corrected chi connectivity index (χ2v) is 7.92. The maximum Gasteiger partial charge on any atom is 0.412 e. The Balaban J connectivity index is 1.70. The topological polar surface area (TPSA) is 85.2 Å². The maximum absolute atomic E-state index is 13.1. The summed E-state index contributed by atoms with van der Waals surface area (Å²) in [5.74, 6) is -0.380. The highest BCUT2D eigenvalue weighted by atomic mass is 16.6. The summed E-state index contributed by atoms with van der Waals surface area (Å²) in [4.78, 5) is 29.8. The molecule has 4 rings (SSSR count). The van der Waals surface area contributed by atoms with Gasteiger partial charge in [-0.1, -0.05) is 36.4 Å². The molecular formula is C23H22N4O3. The fourth-order valence-electron chi connectivity index (χ4n) is 3.16. The molecule has 0 fully saturated rings. The minimum Gasteiger partial charge on any atom is -0.444 e. The second kappa shape index (κ2) is 7.51. The largest absolute Gasteiger partial charge is 0.444 e. The number of para-hydroxylation sites is 2. The first-order valence-corrected chi connectivity index (χ1v) is 9.56. The molecule has 0 aliphatic heterocycles. The maximum atomic E-state index is 13.1. The Morgan fingerprint density at radius 3 is 2.37 bits per heavy atom. The van der Waals surface area contributed by atoms with E-state index >= 15 is 0 Å². The Labute approximate surface area is 173 Å². The smallest absolute Gasteiger partial charge is 0.412 e. The van der Waals surface area contributed by atoms with E-state index in [2.05, 4.69) is 15.7 Å². The molecule has 0 aliphatic rings. The third kappa shape index (κ3) is 4.10. The van der Waals surface area contributed by atoms with E-state index in [0.29, 0.717) is 11.3 Å². The lowest BCUT2D eigenvalue weighted by molar-refractivity contribution is 0.0636. The Morgan fingerprint density at radius 1 is 0.967 bits per heavy atom. The lowest BCUT2D eigenvalue weighted by atomic mass is 10.0. The summed E-state index contributed by atoms with van der Waals surface area (Å²) in [5, 5.41) is 4.49. The lowest BCUT2D eigenvalue weighted by Gasteiger charge is -2.20. The zero-order valence-electron chi connectivity index (χ0n) is 17.0. The number of aromatic nitrogens is 2. The summed E-state index contributed by atoms with van der Waals surface area (Å²) in [5.41, 5.74) is 4.40. The molecule has 0 spiro atoms. The number of nitrogens with one attached hydrogen (secondary N) is 2. The minimum atomic E-state index is -0.654. The van der Waals surface area contributed by atoms with Crippen molar-refractivity contribution >= 4 is 39.5 Å². The fraction of sp³-hybridized carbons (Fsp3) is 0.174. The molecule has 7 nitrogen and oxygen atoms in total. The molecule has 0 radical (unpaired) electrons. The van der Waals surface area contributed by atoms with Crippen molar-refractivity contribution in [1.29, 1.82) is 0 Å². The van der Waals surface area contributed by atoms with Gasteiger partial charge in [0.2, 0.25) is 0 Å². The van der Waals surface area contributed by atoms with E-state index in [1.165, 1.54) is 0 Å². The lowest BCUT2D eigenvalue weighted by Crippen LogP contribution is -2.29. The molecule has 0 atom stereocenters. The van der Waals surface area contributed by atoms with Crippen molar-refractivity contribution in [2.75, 3.05) is 10.7 Å². The summed E-state index contributed by atoms with van der Waals surface area (Å²) in [6.07, 6.45) is 0.921. The van der Waals surface area contributed by atoms with Gasteiger partial charge in [-0.05, 0) is 55.8 Å². The van der Waals surface area contributed by atoms with Gasteiger partial charge in [0.15, 0.2) is 0 Å². The zero-order chi connectivity index (χ0) is 21.3. The van der Waals surface area contributed by atoms with E-state index in [1.807, 2.05) is 48.5 Å². The highest BCUT2D eigenvalue weighted by Crippen LogP contribution is 2.25. The second-order valence-electron chi connectivity index (χ2n) is 7.92. The number of carbonyl (C=O) groups is 2. The molecule has 7 heteroatoms. The quantitative estimate of drug-likeness (QED) is 0.509. The van der Waals surface area contributed by atoms with Crippen molar-refractivity contribution in [3.8, 4) is 0 Å². The molecule has 0 saturated carbocycles. The number of amides is 2. The summed E-state index contributed by atoms with van der Waals surface area (Å²) in [6.45, 7) is 5.35. The van der Waals surface area contributed by atoms with Gasteiger partial charge in [0.05, 0.1) is 22.3 Å². The molecule has 1 heterocycles. The molecule has 30 heavy (non-hydrogen) atoms. The minimum absolute atomic E-state index is 0.317. The number of rotatable bonds is 3. The van der Waals surface area contributed by atoms with Crippen LogP contribution >= 0.6 is 0 Å². The van der Waals surface area contributed by atoms with Crippen molar-refractivity contribution in [2.45, 2.75) is 26.4 Å². The molecule has 1 aromatic heterocycles. The van der Waals surface area contributed by atoms with Gasteiger partial charge < -0.3 is 4.74 Å². The summed E-state index contributed by atoms with van der Waals surface area (Å²) < 4.78 is 6.91. The van der Waals surface area contributed by atoms with Crippen LogP contribution in [0.3, 0.4) is 0 Å². The molecule has 3 aromatic carbocycles. The van der Waals surface area contributed by atoms with Crippen LogP contribution in [0, 0.1) is 0 Å². The molecule has 0 bridgehead atoms. The Kier molecular flexibility index (Phi) is 4.87. The average molecular weight is 402 g/mol. The number of nitrogens with zero attached hydrogens (tertiary/aromatic N) is 2. The first-order chi connectivity index (χ1) is 14.3. The first-order valence-electron chi connectivity index (χ1n) is 9.56. The fourth-order valence-corrected chi connectivity index (χ4v) is 3.16. The van der Waals surface area contributed by atoms with Gasteiger partial charge in [-0.25, -0.2) is 14.5 Å². The van der Waals surface area contributed by atoms with Crippen LogP contribution < -0.4 is 10.7 Å². The summed E-state index contributed by atoms with van der Waals surface area (Å²) in [7, 11) is 0. The number of benzene rings is 3. The van der Waals surface area contributed by atoms with E-state index in [0.717, 1.165) is 21.8 Å². The predicted octanol–water partition coefficient (Wildman–Crippen LogP) is 4.92. The van der Waals surface area contributed by atoms with E-state index in [4.69, 9.17) is 4.74 Å². The first kappa shape index (κ1) is 19.4. The molecular weight excluding hydrogens is 380 g/mol. The molecule has 0 unspecified atom stereocenters. The van der Waals surface area contributed by atoms with Crippen molar-refractivity contribution < 1.29 is 14.3 Å². The highest BCUT2D eigenvalue weighted by molar-refractivity contribution is 6.10. The number of ether oxygens (including phenoxy) is 1. The van der Waals surface area contributed by atoms with Crippen LogP contribution in [0.15, 0.2) is 67.0 Å². The molecule has 0 saturated heterocycles. The normalized spacial score (nSPS) is 11.4. The standard InChI is InChI=1S/C23H22N4O3/c1-23(2,3)30-22(29)25-19-13-16-9-5-4-8-15(16)12-17(19)21(28)26-27-14-24-18-10-6-7-11-20(18)27/h4-14H,1-3H3,(H,25,29)(H,26,28). The molecule has 0 aliphatic carbocycles. The van der Waals surface area contributed by atoms with Crippen molar-refractivity contribution in [3.05, 3.63) is 72.6 Å². The third-order valence-corrected chi connectivity index (χ3v) is 4.44. The van der Waals surface area contributed by atoms with E-state index in [9.17, 15) is 9.59 Å². The van der Waals surface area contributed by atoms with Crippen molar-refractivity contribution in [2.24, 2.45) is 0 Å². The SMILES string of the molecule is CC(C)(C)OC(=O)Nc1cc2ccccc2cc1C(=O)Nn1cnc2ccccc21. The van der Waals surface area contributed by atoms with Crippen LogP contribution in [0.1, 0.15) is 31.1 Å². The number of hydrogen-bond donors (Lipinski definition) is 2. The van der Waals surface area contributed by atoms with E-state index < -0.39 is 11.7 Å². The number of carbonyl (C=O) groups excluding carboxylic acids is 2. The number of hydrogen-bond acceptors (Lipinski definition) is 4. The van der Waals surface area contributed by atoms with Crippen LogP contribution in [0.4, 0.5) is 10.5 Å². The van der Waals surface area contributed by atoms with Crippen molar-refractivity contribution in [1.82, 2.24) is 9.66 Å². The van der Waals surface area contributed by atoms with Crippen LogP contribution in [0.2, 0.25) is 0 Å². The Hall–Kier alpha value is -3.87. The van der Waals surface area contributed by atoms with Gasteiger partial charge in [-0.15, -0.1) is 0 Å². The van der Waals surface area contributed by atoms with Gasteiger partial charge in [0.25, 0.3) is 5.91 Å². The number of fused-ring (bicyclic) bond motifs is 2. The van der Waals surface area contributed by atoms with E-state index in [-0.39, 0.29) is 5.91 Å². The van der Waals surface area contributed by atoms with Gasteiger partial charge in [0, 0.05) is 0 Å². The van der Waals surface area contributed by atoms with Crippen LogP contribution in [0.25, 0.3) is 21.8 Å². The third-order valence-electron chi connectivity index (χ3n) is 4.44. The Morgan fingerprint density at radius 2 is 1.63 bits per heavy atom. The summed E-state index contributed by atoms with van der Waals surface area (Å²) in [6, 6.07) is 18.6. The van der Waals surface area contributed by atoms with Gasteiger partial charge in [-0.2, -0.15) is 0 Å². The van der Waals surface area contributed by atoms with Crippen molar-refractivity contribution in [3.63, 3.8) is 0 Å². The highest BCUT2D eigenvalue weighted by Gasteiger charge is 2.20. The van der Waals surface area contributed by atoms with Gasteiger partial charge in [0.1, 0.15) is 11.9 Å². The van der Waals surface area contributed by atoms with Crippen LogP contribution in [0.5, 0.6) is 0 Å². The number of anilines is 1. The molecule has 152 valence electrons.